The van der Waals surface area contributed by atoms with Crippen LogP contribution in [0.4, 0.5) is 0 Å². The number of amides is 1. The Morgan fingerprint density at radius 2 is 1.63 bits per heavy atom. The Balaban J connectivity index is 1.72. The lowest BCUT2D eigenvalue weighted by Gasteiger charge is -2.28. The van der Waals surface area contributed by atoms with Crippen LogP contribution in [-0.2, 0) is 4.79 Å². The van der Waals surface area contributed by atoms with Gasteiger partial charge >= 0.3 is 0 Å². The van der Waals surface area contributed by atoms with Crippen LogP contribution >= 0.6 is 22.7 Å². The summed E-state index contributed by atoms with van der Waals surface area (Å²) in [5, 5.41) is 10.2. The largest absolute Gasteiger partial charge is 0.279 e. The van der Waals surface area contributed by atoms with Gasteiger partial charge in [0.2, 0.25) is 0 Å². The van der Waals surface area contributed by atoms with Crippen molar-refractivity contribution in [1.82, 2.24) is 10.4 Å². The van der Waals surface area contributed by atoms with Crippen molar-refractivity contribution in [3.8, 4) is 22.3 Å². The maximum Gasteiger partial charge on any atom is 0.262 e. The molecule has 27 heavy (non-hydrogen) atoms. The molecule has 1 N–H and O–H groups in total. The molecule has 3 aromatic rings. The molecule has 0 saturated heterocycles. The first-order chi connectivity index (χ1) is 13.2. The monoisotopic (exact) mass is 395 g/mol. The summed E-state index contributed by atoms with van der Waals surface area (Å²) in [5.74, 6) is 0.790. The summed E-state index contributed by atoms with van der Waals surface area (Å²) in [4.78, 5) is 16.6. The molecule has 4 nitrogen and oxygen atoms in total. The molecule has 0 bridgehead atoms. The van der Waals surface area contributed by atoms with E-state index in [1.807, 2.05) is 0 Å². The van der Waals surface area contributed by atoms with Gasteiger partial charge in [-0.15, -0.1) is 0 Å². The van der Waals surface area contributed by atoms with Crippen LogP contribution in [0.1, 0.15) is 25.3 Å². The summed E-state index contributed by atoms with van der Waals surface area (Å²) in [6.45, 7) is 3.03. The first-order valence-corrected chi connectivity index (χ1v) is 10.9. The van der Waals surface area contributed by atoms with Gasteiger partial charge in [0.25, 0.3) is 5.91 Å². The molecule has 6 heteroatoms. The molecule has 4 rings (SSSR count). The number of carbonyl (C=O) groups is 1. The van der Waals surface area contributed by atoms with Crippen molar-refractivity contribution in [3.63, 3.8) is 0 Å². The molecule has 3 heterocycles. The van der Waals surface area contributed by atoms with Gasteiger partial charge in [0.15, 0.2) is 0 Å². The Kier molecular flexibility index (Phi) is 5.36. The van der Waals surface area contributed by atoms with E-state index in [0.29, 0.717) is 6.54 Å². The van der Waals surface area contributed by atoms with Crippen LogP contribution in [-0.4, -0.2) is 29.8 Å². The van der Waals surface area contributed by atoms with Gasteiger partial charge in [-0.3, -0.25) is 20.2 Å². The lowest BCUT2D eigenvalue weighted by molar-refractivity contribution is -0.132. The Hall–Kier alpha value is -2.44. The van der Waals surface area contributed by atoms with E-state index in [2.05, 4.69) is 69.2 Å². The summed E-state index contributed by atoms with van der Waals surface area (Å²) >= 11 is 3.38. The minimum Gasteiger partial charge on any atom is -0.279 e. The molecule has 2 aromatic heterocycles. The van der Waals surface area contributed by atoms with Crippen molar-refractivity contribution < 1.29 is 4.79 Å². The fourth-order valence-corrected chi connectivity index (χ4v) is 4.40. The number of amidine groups is 1. The van der Waals surface area contributed by atoms with Crippen LogP contribution in [0.15, 0.2) is 56.8 Å². The Labute approximate surface area is 167 Å². The number of nitrogens with one attached hydrogen (secondary N) is 1. The third-order valence-electron chi connectivity index (χ3n) is 4.57. The highest BCUT2D eigenvalue weighted by Gasteiger charge is 2.21. The molecule has 0 aliphatic carbocycles. The van der Waals surface area contributed by atoms with Crippen molar-refractivity contribution in [2.24, 2.45) is 4.99 Å². The SMILES string of the molecule is CCCCN1NC(c2cc(-c3ccsc3)cc(-c3ccsc3)c2)=NCC1=O. The normalized spacial score (nSPS) is 14.2. The predicted octanol–water partition coefficient (Wildman–Crippen LogP) is 5.04. The molecule has 138 valence electrons. The molecular weight excluding hydrogens is 374 g/mol. The topological polar surface area (TPSA) is 44.7 Å². The number of carbonyl (C=O) groups excluding carboxylic acids is 1. The minimum atomic E-state index is 0.0271. The summed E-state index contributed by atoms with van der Waals surface area (Å²) in [6.07, 6.45) is 2.02. The summed E-state index contributed by atoms with van der Waals surface area (Å²) < 4.78 is 0. The second kappa shape index (κ2) is 8.06. The standard InChI is InChI=1S/C21H21N3OS2/c1-2-3-6-24-20(25)12-22-21(23-24)19-10-17(15-4-7-26-13-15)9-18(11-19)16-5-8-27-14-16/h4-5,7-11,13-14H,2-3,6,12H2,1H3,(H,22,23). The second-order valence-electron chi connectivity index (χ2n) is 6.50. The number of benzene rings is 1. The quantitative estimate of drug-likeness (QED) is 0.636. The Bertz CT molecular complexity index is 893. The highest BCUT2D eigenvalue weighted by molar-refractivity contribution is 7.08. The summed E-state index contributed by atoms with van der Waals surface area (Å²) in [7, 11) is 0. The number of rotatable bonds is 6. The van der Waals surface area contributed by atoms with Crippen LogP contribution < -0.4 is 5.43 Å². The maximum atomic E-state index is 12.1. The highest BCUT2D eigenvalue weighted by atomic mass is 32.1. The third kappa shape index (κ3) is 3.96. The maximum absolute atomic E-state index is 12.1. The molecule has 1 aromatic carbocycles. The molecule has 1 amide bonds. The van der Waals surface area contributed by atoms with Crippen LogP contribution in [0.25, 0.3) is 22.3 Å². The van der Waals surface area contributed by atoms with Crippen molar-refractivity contribution in [1.29, 1.82) is 0 Å². The zero-order chi connectivity index (χ0) is 18.6. The van der Waals surface area contributed by atoms with Gasteiger partial charge in [0.1, 0.15) is 12.4 Å². The average molecular weight is 396 g/mol. The molecule has 0 saturated carbocycles. The van der Waals surface area contributed by atoms with Crippen molar-refractivity contribution in [2.75, 3.05) is 13.1 Å². The van der Waals surface area contributed by atoms with Crippen molar-refractivity contribution in [2.45, 2.75) is 19.8 Å². The fraction of sp³-hybridized carbons (Fsp3) is 0.238. The van der Waals surface area contributed by atoms with Crippen LogP contribution in [0, 0.1) is 0 Å². The van der Waals surface area contributed by atoms with Crippen molar-refractivity contribution in [3.05, 3.63) is 57.4 Å². The fourth-order valence-electron chi connectivity index (χ4n) is 3.07. The molecule has 0 fully saturated rings. The summed E-state index contributed by atoms with van der Waals surface area (Å²) in [6, 6.07) is 10.8. The molecule has 0 atom stereocenters. The van der Waals surface area contributed by atoms with E-state index in [0.717, 1.165) is 35.4 Å². The first kappa shape index (κ1) is 17.9. The molecule has 1 aliphatic heterocycles. The van der Waals surface area contributed by atoms with Gasteiger partial charge in [0, 0.05) is 12.1 Å². The van der Waals surface area contributed by atoms with Gasteiger partial charge in [-0.25, -0.2) is 0 Å². The van der Waals surface area contributed by atoms with E-state index >= 15 is 0 Å². The van der Waals surface area contributed by atoms with Gasteiger partial charge in [-0.05, 0) is 80.5 Å². The highest BCUT2D eigenvalue weighted by Crippen LogP contribution is 2.31. The summed E-state index contributed by atoms with van der Waals surface area (Å²) in [5.41, 5.74) is 8.98. The van der Waals surface area contributed by atoms with E-state index in [9.17, 15) is 4.79 Å². The zero-order valence-corrected chi connectivity index (χ0v) is 16.8. The lowest BCUT2D eigenvalue weighted by atomic mass is 9.98. The number of unbranched alkanes of at least 4 members (excludes halogenated alkanes) is 1. The van der Waals surface area contributed by atoms with Gasteiger partial charge < -0.3 is 0 Å². The first-order valence-electron chi connectivity index (χ1n) is 9.06. The number of hydrazine groups is 1. The molecule has 1 aliphatic rings. The van der Waals surface area contributed by atoms with Gasteiger partial charge in [-0.2, -0.15) is 22.7 Å². The molecule has 0 spiro atoms. The van der Waals surface area contributed by atoms with Gasteiger partial charge in [-0.1, -0.05) is 13.3 Å². The van der Waals surface area contributed by atoms with E-state index < -0.39 is 0 Å². The Morgan fingerprint density at radius 1 is 1.00 bits per heavy atom. The number of thiophene rings is 2. The average Bonchev–Trinajstić information content (AvgIpc) is 3.41. The van der Waals surface area contributed by atoms with Crippen molar-refractivity contribution >= 4 is 34.4 Å². The predicted molar refractivity (Wildman–Crippen MR) is 114 cm³/mol. The van der Waals surface area contributed by atoms with E-state index in [1.165, 1.54) is 11.1 Å². The van der Waals surface area contributed by atoms with Gasteiger partial charge in [0.05, 0.1) is 0 Å². The number of nitrogens with zero attached hydrogens (tertiary/aromatic N) is 2. The number of hydrogen-bond acceptors (Lipinski definition) is 5. The number of aliphatic imine (C=N–C) groups is 1. The van der Waals surface area contributed by atoms with Crippen LogP contribution in [0.3, 0.4) is 0 Å². The van der Waals surface area contributed by atoms with Crippen LogP contribution in [0.2, 0.25) is 0 Å². The second-order valence-corrected chi connectivity index (χ2v) is 8.06. The molecule has 0 unspecified atom stereocenters. The van der Waals surface area contributed by atoms with Crippen LogP contribution in [0.5, 0.6) is 0 Å². The smallest absolute Gasteiger partial charge is 0.262 e. The lowest BCUT2D eigenvalue weighted by Crippen LogP contribution is -2.51. The minimum absolute atomic E-state index is 0.0271. The van der Waals surface area contributed by atoms with E-state index in [1.54, 1.807) is 27.7 Å². The van der Waals surface area contributed by atoms with E-state index in [-0.39, 0.29) is 12.5 Å². The molecular formula is C21H21N3OS2. The third-order valence-corrected chi connectivity index (χ3v) is 5.93. The Morgan fingerprint density at radius 3 is 2.19 bits per heavy atom. The number of hydrogen-bond donors (Lipinski definition) is 1. The zero-order valence-electron chi connectivity index (χ0n) is 15.1. The molecule has 0 radical (unpaired) electrons. The van der Waals surface area contributed by atoms with E-state index in [4.69, 9.17) is 0 Å².